The van der Waals surface area contributed by atoms with Crippen LogP contribution in [0.3, 0.4) is 0 Å². The Bertz CT molecular complexity index is 583. The minimum Gasteiger partial charge on any atom is -0.391 e. The number of ether oxygens (including phenoxy) is 3. The molecule has 0 aliphatic rings. The first kappa shape index (κ1) is 27.4. The minimum absolute atomic E-state index is 0.115. The summed E-state index contributed by atoms with van der Waals surface area (Å²) in [5, 5.41) is 10.3. The van der Waals surface area contributed by atoms with Crippen LogP contribution in [0.25, 0.3) is 0 Å². The third-order valence-corrected chi connectivity index (χ3v) is 6.13. The molecule has 0 aromatic heterocycles. The van der Waals surface area contributed by atoms with E-state index in [1.807, 2.05) is 0 Å². The van der Waals surface area contributed by atoms with Gasteiger partial charge in [0.15, 0.2) is 0 Å². The van der Waals surface area contributed by atoms with Gasteiger partial charge >= 0.3 is 0 Å². The molecule has 0 spiro atoms. The highest BCUT2D eigenvalue weighted by atomic mass is 32.2. The fraction of sp³-hybridized carbons (Fsp3) is 0.760. The number of aliphatic hydroxyl groups is 1. The van der Waals surface area contributed by atoms with Crippen LogP contribution >= 0.6 is 11.8 Å². The number of benzene rings is 1. The number of rotatable bonds is 15. The Morgan fingerprint density at radius 3 is 2.30 bits per heavy atom. The highest BCUT2D eigenvalue weighted by Crippen LogP contribution is 2.30. The standard InChI is InChI=1S/C25H44O4S/c1-8-10-14-27-17-22(24(20(4)26)28-15-11-9-2)29-18-30-23-16-21(25(5,6)7)13-12-19(23)3/h12-13,16,20,22,24,26H,8-11,14-15,17-18H2,1-7H3/t20-,22?,24+/m1/s1. The van der Waals surface area contributed by atoms with Crippen molar-refractivity contribution in [2.24, 2.45) is 0 Å². The average molecular weight is 441 g/mol. The summed E-state index contributed by atoms with van der Waals surface area (Å²) in [4.78, 5) is 1.23. The lowest BCUT2D eigenvalue weighted by atomic mass is 9.87. The third kappa shape index (κ3) is 10.1. The Labute approximate surface area is 189 Å². The Hall–Kier alpha value is -0.590. The molecule has 0 amide bonds. The summed E-state index contributed by atoms with van der Waals surface area (Å²) in [7, 11) is 0. The van der Waals surface area contributed by atoms with Gasteiger partial charge in [-0.3, -0.25) is 0 Å². The number of aryl methyl sites for hydroxylation is 1. The van der Waals surface area contributed by atoms with E-state index in [2.05, 4.69) is 59.7 Å². The predicted octanol–water partition coefficient (Wildman–Crippen LogP) is 6.11. The molecule has 4 nitrogen and oxygen atoms in total. The summed E-state index contributed by atoms with van der Waals surface area (Å²) in [6, 6.07) is 6.65. The van der Waals surface area contributed by atoms with Crippen LogP contribution in [0.5, 0.6) is 0 Å². The highest BCUT2D eigenvalue weighted by molar-refractivity contribution is 7.99. The van der Waals surface area contributed by atoms with E-state index >= 15 is 0 Å². The van der Waals surface area contributed by atoms with Gasteiger partial charge in [0.05, 0.1) is 18.6 Å². The first-order chi connectivity index (χ1) is 14.2. The van der Waals surface area contributed by atoms with Crippen molar-refractivity contribution in [2.45, 2.75) is 103 Å². The number of unbranched alkanes of at least 4 members (excludes halogenated alkanes) is 2. The van der Waals surface area contributed by atoms with Gasteiger partial charge in [-0.2, -0.15) is 0 Å². The number of aliphatic hydroxyl groups excluding tert-OH is 1. The van der Waals surface area contributed by atoms with Gasteiger partial charge in [-0.1, -0.05) is 71.4 Å². The van der Waals surface area contributed by atoms with Crippen LogP contribution in [0, 0.1) is 6.92 Å². The van der Waals surface area contributed by atoms with Gasteiger partial charge in [0, 0.05) is 18.1 Å². The quantitative estimate of drug-likeness (QED) is 0.202. The summed E-state index contributed by atoms with van der Waals surface area (Å²) < 4.78 is 18.0. The van der Waals surface area contributed by atoms with Crippen molar-refractivity contribution in [1.29, 1.82) is 0 Å². The maximum absolute atomic E-state index is 10.3. The van der Waals surface area contributed by atoms with E-state index in [4.69, 9.17) is 14.2 Å². The molecule has 0 saturated heterocycles. The Morgan fingerprint density at radius 2 is 1.70 bits per heavy atom. The zero-order chi connectivity index (χ0) is 22.6. The van der Waals surface area contributed by atoms with Crippen LogP contribution in [0.4, 0.5) is 0 Å². The SMILES string of the molecule is CCCCOCC(OCSc1cc(C(C)(C)C)ccc1C)[C@@H](OCCCC)[C@@H](C)O. The molecule has 0 saturated carbocycles. The third-order valence-electron chi connectivity index (χ3n) is 5.13. The summed E-state index contributed by atoms with van der Waals surface area (Å²) in [5.74, 6) is 0.497. The molecule has 0 aliphatic carbocycles. The fourth-order valence-electron chi connectivity index (χ4n) is 3.01. The second-order valence-electron chi connectivity index (χ2n) is 9.06. The van der Waals surface area contributed by atoms with E-state index in [0.717, 1.165) is 25.7 Å². The van der Waals surface area contributed by atoms with Gasteiger partial charge in [-0.15, -0.1) is 0 Å². The molecule has 30 heavy (non-hydrogen) atoms. The molecule has 1 rings (SSSR count). The number of hydrogen-bond acceptors (Lipinski definition) is 5. The van der Waals surface area contributed by atoms with Crippen molar-refractivity contribution in [3.05, 3.63) is 29.3 Å². The lowest BCUT2D eigenvalue weighted by Crippen LogP contribution is -2.43. The lowest BCUT2D eigenvalue weighted by molar-refractivity contribution is -0.131. The lowest BCUT2D eigenvalue weighted by Gasteiger charge is -2.29. The summed E-state index contributed by atoms with van der Waals surface area (Å²) in [6.07, 6.45) is 2.86. The summed E-state index contributed by atoms with van der Waals surface area (Å²) in [5.41, 5.74) is 2.68. The zero-order valence-corrected chi connectivity index (χ0v) is 21.0. The molecule has 0 fully saturated rings. The van der Waals surface area contributed by atoms with Gasteiger partial charge in [0.1, 0.15) is 12.2 Å². The van der Waals surface area contributed by atoms with Crippen molar-refractivity contribution in [3.63, 3.8) is 0 Å². The minimum atomic E-state index is -0.613. The van der Waals surface area contributed by atoms with Crippen molar-refractivity contribution in [2.75, 3.05) is 25.8 Å². The van der Waals surface area contributed by atoms with Crippen molar-refractivity contribution >= 4 is 11.8 Å². The second-order valence-corrected chi connectivity index (χ2v) is 10.0. The van der Waals surface area contributed by atoms with Crippen LogP contribution < -0.4 is 0 Å². The first-order valence-electron chi connectivity index (χ1n) is 11.4. The van der Waals surface area contributed by atoms with E-state index in [0.29, 0.717) is 25.8 Å². The van der Waals surface area contributed by atoms with E-state index in [9.17, 15) is 5.11 Å². The average Bonchev–Trinajstić information content (AvgIpc) is 2.67. The first-order valence-corrected chi connectivity index (χ1v) is 12.4. The van der Waals surface area contributed by atoms with Gasteiger partial charge in [0.2, 0.25) is 0 Å². The van der Waals surface area contributed by atoms with Crippen LogP contribution in [-0.2, 0) is 19.6 Å². The molecule has 0 radical (unpaired) electrons. The number of thioether (sulfide) groups is 1. The van der Waals surface area contributed by atoms with Gasteiger partial charge in [-0.25, -0.2) is 0 Å². The molecule has 1 aromatic carbocycles. The van der Waals surface area contributed by atoms with Crippen LogP contribution in [0.1, 0.15) is 78.4 Å². The predicted molar refractivity (Wildman–Crippen MR) is 128 cm³/mol. The molecule has 5 heteroatoms. The summed E-state index contributed by atoms with van der Waals surface area (Å²) >= 11 is 1.69. The molecule has 0 heterocycles. The second kappa shape index (κ2) is 14.5. The van der Waals surface area contributed by atoms with Crippen LogP contribution in [-0.4, -0.2) is 49.2 Å². The van der Waals surface area contributed by atoms with E-state index in [1.54, 1.807) is 18.7 Å². The monoisotopic (exact) mass is 440 g/mol. The van der Waals surface area contributed by atoms with Gasteiger partial charge < -0.3 is 19.3 Å². The Morgan fingerprint density at radius 1 is 1.03 bits per heavy atom. The molecule has 0 aliphatic heterocycles. The maximum Gasteiger partial charge on any atom is 0.111 e. The van der Waals surface area contributed by atoms with Crippen molar-refractivity contribution in [1.82, 2.24) is 0 Å². The maximum atomic E-state index is 10.3. The molecular formula is C25H44O4S. The zero-order valence-electron chi connectivity index (χ0n) is 20.2. The normalized spacial score (nSPS) is 15.2. The molecule has 3 atom stereocenters. The fourth-order valence-corrected chi connectivity index (χ4v) is 3.89. The molecule has 174 valence electrons. The van der Waals surface area contributed by atoms with Crippen LogP contribution in [0.15, 0.2) is 23.1 Å². The van der Waals surface area contributed by atoms with E-state index < -0.39 is 6.10 Å². The topological polar surface area (TPSA) is 47.9 Å². The largest absolute Gasteiger partial charge is 0.391 e. The Balaban J connectivity index is 2.78. The van der Waals surface area contributed by atoms with E-state index in [1.165, 1.54) is 16.0 Å². The van der Waals surface area contributed by atoms with Gasteiger partial charge in [-0.05, 0) is 49.3 Å². The smallest absolute Gasteiger partial charge is 0.111 e. The van der Waals surface area contributed by atoms with E-state index in [-0.39, 0.29) is 17.6 Å². The van der Waals surface area contributed by atoms with Crippen molar-refractivity contribution < 1.29 is 19.3 Å². The van der Waals surface area contributed by atoms with Crippen molar-refractivity contribution in [3.8, 4) is 0 Å². The van der Waals surface area contributed by atoms with Gasteiger partial charge in [0.25, 0.3) is 0 Å². The molecular weight excluding hydrogens is 396 g/mol. The Kier molecular flexibility index (Phi) is 13.2. The summed E-state index contributed by atoms with van der Waals surface area (Å²) in [6.45, 7) is 16.6. The number of hydrogen-bond donors (Lipinski definition) is 1. The molecule has 0 bridgehead atoms. The molecule has 1 aromatic rings. The van der Waals surface area contributed by atoms with Crippen LogP contribution in [0.2, 0.25) is 0 Å². The molecule has 1 N–H and O–H groups in total. The molecule has 1 unspecified atom stereocenters. The highest BCUT2D eigenvalue weighted by Gasteiger charge is 2.28.